The Labute approximate surface area is 205 Å². The lowest BCUT2D eigenvalue weighted by Crippen LogP contribution is -2.70. The third-order valence-corrected chi connectivity index (χ3v) is 11.8. The number of ether oxygens (including phenoxy) is 1. The molecule has 0 aliphatic heterocycles. The second-order valence-corrected chi connectivity index (χ2v) is 13.0. The molecular formula is C24H30Br2O6. The lowest BCUT2D eigenvalue weighted by atomic mass is 9.46. The molecule has 0 spiro atoms. The van der Waals surface area contributed by atoms with Gasteiger partial charge in [0.15, 0.2) is 12.4 Å². The highest BCUT2D eigenvalue weighted by molar-refractivity contribution is 9.10. The van der Waals surface area contributed by atoms with Crippen molar-refractivity contribution >= 4 is 49.4 Å². The fraction of sp³-hybridized carbons (Fsp3) is 0.708. The number of hydrogen-bond donors (Lipinski definition) is 2. The van der Waals surface area contributed by atoms with Gasteiger partial charge in [-0.2, -0.15) is 0 Å². The Morgan fingerprint density at radius 2 is 1.97 bits per heavy atom. The van der Waals surface area contributed by atoms with Gasteiger partial charge in [-0.3, -0.25) is 14.4 Å². The molecule has 4 aliphatic rings. The van der Waals surface area contributed by atoms with Crippen LogP contribution in [0.5, 0.6) is 0 Å². The summed E-state index contributed by atoms with van der Waals surface area (Å²) in [6, 6.07) is 0. The molecule has 3 saturated carbocycles. The van der Waals surface area contributed by atoms with Crippen LogP contribution in [-0.2, 0) is 19.1 Å². The van der Waals surface area contributed by atoms with Crippen LogP contribution in [0.1, 0.15) is 47.0 Å². The van der Waals surface area contributed by atoms with E-state index in [0.29, 0.717) is 12.8 Å². The number of esters is 1. The summed E-state index contributed by atoms with van der Waals surface area (Å²) in [4.78, 5) is 36.5. The average molecular weight is 574 g/mol. The number of hydrogen-bond acceptors (Lipinski definition) is 6. The lowest BCUT2D eigenvalue weighted by molar-refractivity contribution is -0.180. The van der Waals surface area contributed by atoms with Gasteiger partial charge in [0, 0.05) is 22.6 Å². The monoisotopic (exact) mass is 572 g/mol. The highest BCUT2D eigenvalue weighted by Crippen LogP contribution is 2.72. The summed E-state index contributed by atoms with van der Waals surface area (Å²) in [5.74, 6) is -1.71. The number of allylic oxidation sites excluding steroid dienone is 4. The second kappa shape index (κ2) is 7.59. The van der Waals surface area contributed by atoms with E-state index in [0.717, 1.165) is 5.57 Å². The quantitative estimate of drug-likeness (QED) is 0.397. The summed E-state index contributed by atoms with van der Waals surface area (Å²) >= 11 is 7.83. The maximum atomic E-state index is 13.2. The van der Waals surface area contributed by atoms with Crippen molar-refractivity contribution in [2.24, 2.45) is 28.6 Å². The molecule has 0 aromatic rings. The normalized spacial score (nSPS) is 49.6. The maximum absolute atomic E-state index is 13.2. The standard InChI is InChI=1S/C24H30Br2O6/c1-12-7-16-20-17(25)9-14-8-15(28)5-6-21(14,3)23(20,26)18(29)10-22(16,4)24(12,31)19(30)11-32-13(2)27/h5-6,8,12,16-18,20,29,31H,7,9-11H2,1-4H3/t12?,16-,17?,18?,20+,21-,22-,23+,24-/m0/s1. The van der Waals surface area contributed by atoms with E-state index in [9.17, 15) is 24.6 Å². The van der Waals surface area contributed by atoms with Crippen molar-refractivity contribution in [3.05, 3.63) is 23.8 Å². The first-order valence-electron chi connectivity index (χ1n) is 11.1. The van der Waals surface area contributed by atoms with Crippen LogP contribution in [0.2, 0.25) is 0 Å². The van der Waals surface area contributed by atoms with E-state index >= 15 is 0 Å². The number of carbonyl (C=O) groups excluding carboxylic acids is 3. The Morgan fingerprint density at radius 3 is 2.59 bits per heavy atom. The van der Waals surface area contributed by atoms with Crippen LogP contribution >= 0.6 is 31.9 Å². The zero-order valence-electron chi connectivity index (χ0n) is 18.7. The highest BCUT2D eigenvalue weighted by Gasteiger charge is 2.75. The third kappa shape index (κ3) is 2.91. The number of halogens is 2. The van der Waals surface area contributed by atoms with E-state index in [4.69, 9.17) is 4.74 Å². The van der Waals surface area contributed by atoms with Crippen LogP contribution in [0, 0.1) is 28.6 Å². The van der Waals surface area contributed by atoms with Crippen molar-refractivity contribution in [3.8, 4) is 0 Å². The molecule has 3 fully saturated rings. The molecule has 0 heterocycles. The van der Waals surface area contributed by atoms with E-state index in [1.54, 1.807) is 12.2 Å². The van der Waals surface area contributed by atoms with Gasteiger partial charge < -0.3 is 14.9 Å². The third-order valence-electron chi connectivity index (χ3n) is 9.03. The van der Waals surface area contributed by atoms with Crippen molar-refractivity contribution in [1.82, 2.24) is 0 Å². The average Bonchev–Trinajstić information content (AvgIpc) is 2.89. The van der Waals surface area contributed by atoms with E-state index in [1.165, 1.54) is 6.92 Å². The van der Waals surface area contributed by atoms with Gasteiger partial charge in [0.2, 0.25) is 5.78 Å². The molecule has 4 aliphatic carbocycles. The predicted octanol–water partition coefficient (Wildman–Crippen LogP) is 3.27. The van der Waals surface area contributed by atoms with Crippen molar-refractivity contribution in [1.29, 1.82) is 0 Å². The number of alkyl halides is 2. The fourth-order valence-electron chi connectivity index (χ4n) is 7.36. The Balaban J connectivity index is 1.80. The van der Waals surface area contributed by atoms with E-state index in [1.807, 2.05) is 26.8 Å². The van der Waals surface area contributed by atoms with Gasteiger partial charge in [-0.25, -0.2) is 0 Å². The van der Waals surface area contributed by atoms with Crippen LogP contribution < -0.4 is 0 Å². The molecule has 176 valence electrons. The summed E-state index contributed by atoms with van der Waals surface area (Å²) < 4.78 is 4.17. The molecule has 0 aromatic heterocycles. The molecule has 3 unspecified atom stereocenters. The van der Waals surface area contributed by atoms with Gasteiger partial charge in [0.1, 0.15) is 5.60 Å². The minimum absolute atomic E-state index is 0.0539. The molecule has 0 amide bonds. The van der Waals surface area contributed by atoms with Crippen LogP contribution in [0.4, 0.5) is 0 Å². The zero-order valence-corrected chi connectivity index (χ0v) is 21.9. The number of ketones is 2. The van der Waals surface area contributed by atoms with E-state index in [-0.39, 0.29) is 34.8 Å². The molecule has 9 atom stereocenters. The minimum atomic E-state index is -1.72. The van der Waals surface area contributed by atoms with Crippen molar-refractivity contribution < 1.29 is 29.3 Å². The molecule has 0 aromatic carbocycles. The van der Waals surface area contributed by atoms with Gasteiger partial charge >= 0.3 is 5.97 Å². The van der Waals surface area contributed by atoms with Gasteiger partial charge in [0.05, 0.1) is 10.4 Å². The van der Waals surface area contributed by atoms with Crippen LogP contribution in [0.15, 0.2) is 23.8 Å². The summed E-state index contributed by atoms with van der Waals surface area (Å²) in [6.45, 7) is 6.54. The summed E-state index contributed by atoms with van der Waals surface area (Å²) in [6.07, 6.45) is 5.68. The molecular weight excluding hydrogens is 544 g/mol. The second-order valence-electron chi connectivity index (χ2n) is 10.5. The molecule has 4 rings (SSSR count). The Kier molecular flexibility index (Phi) is 5.76. The van der Waals surface area contributed by atoms with Crippen molar-refractivity contribution in [2.45, 2.75) is 67.8 Å². The molecule has 32 heavy (non-hydrogen) atoms. The molecule has 6 nitrogen and oxygen atoms in total. The summed E-state index contributed by atoms with van der Waals surface area (Å²) in [5, 5.41) is 23.5. The Morgan fingerprint density at radius 1 is 1.31 bits per heavy atom. The minimum Gasteiger partial charge on any atom is -0.458 e. The van der Waals surface area contributed by atoms with E-state index in [2.05, 4.69) is 31.9 Å². The number of aliphatic hydroxyl groups excluding tert-OH is 1. The van der Waals surface area contributed by atoms with Crippen LogP contribution in [0.3, 0.4) is 0 Å². The number of carbonyl (C=O) groups is 3. The molecule has 0 radical (unpaired) electrons. The van der Waals surface area contributed by atoms with Gasteiger partial charge in [-0.1, -0.05) is 64.3 Å². The van der Waals surface area contributed by atoms with E-state index < -0.39 is 45.2 Å². The lowest BCUT2D eigenvalue weighted by Gasteiger charge is -2.65. The number of aliphatic hydroxyl groups is 2. The van der Waals surface area contributed by atoms with Crippen molar-refractivity contribution in [3.63, 3.8) is 0 Å². The van der Waals surface area contributed by atoms with Gasteiger partial charge in [-0.15, -0.1) is 0 Å². The first-order valence-corrected chi connectivity index (χ1v) is 12.8. The molecule has 0 saturated heterocycles. The van der Waals surface area contributed by atoms with Gasteiger partial charge in [-0.05, 0) is 49.2 Å². The number of Topliss-reactive ketones (excluding diaryl/α,β-unsaturated/α-hetero) is 1. The largest absolute Gasteiger partial charge is 0.458 e. The zero-order chi connectivity index (χ0) is 23.9. The van der Waals surface area contributed by atoms with Gasteiger partial charge in [0.25, 0.3) is 0 Å². The topological polar surface area (TPSA) is 101 Å². The SMILES string of the molecule is CC(=O)OCC(=O)[C@@]1(O)C(C)C[C@H]2[C@@H]3C(Br)CC4=CC(=O)C=C[C@]4(C)[C@@]3(Br)C(O)C[C@@]21C. The summed E-state index contributed by atoms with van der Waals surface area (Å²) in [7, 11) is 0. The van der Waals surface area contributed by atoms with Crippen molar-refractivity contribution in [2.75, 3.05) is 6.61 Å². The molecule has 2 N–H and O–H groups in total. The first-order chi connectivity index (χ1) is 14.7. The van der Waals surface area contributed by atoms with Crippen LogP contribution in [0.25, 0.3) is 0 Å². The Bertz CT molecular complexity index is 945. The Hall–Kier alpha value is -0.830. The smallest absolute Gasteiger partial charge is 0.303 e. The fourth-order valence-corrected chi connectivity index (χ4v) is 10.0. The van der Waals surface area contributed by atoms with Crippen LogP contribution in [-0.4, -0.2) is 55.2 Å². The molecule has 8 heteroatoms. The predicted molar refractivity (Wildman–Crippen MR) is 125 cm³/mol. The highest BCUT2D eigenvalue weighted by atomic mass is 79.9. The number of rotatable bonds is 3. The first kappa shape index (κ1) is 24.3. The number of fused-ring (bicyclic) bond motifs is 5. The summed E-state index contributed by atoms with van der Waals surface area (Å²) in [5.41, 5.74) is -2.23. The molecule has 0 bridgehead atoms. The maximum Gasteiger partial charge on any atom is 0.303 e.